The fraction of sp³-hybridized carbons (Fsp3) is 0.529. The number of amides is 1. The zero-order chi connectivity index (χ0) is 18.8. The van der Waals surface area contributed by atoms with Crippen molar-refractivity contribution < 1.29 is 14.4 Å². The number of hydrogen-bond acceptors (Lipinski definition) is 6. The maximum atomic E-state index is 11.3. The van der Waals surface area contributed by atoms with Crippen LogP contribution >= 0.6 is 0 Å². The van der Waals surface area contributed by atoms with E-state index in [0.717, 1.165) is 18.1 Å². The van der Waals surface area contributed by atoms with Gasteiger partial charge in [0.15, 0.2) is 0 Å². The van der Waals surface area contributed by atoms with E-state index < -0.39 is 5.91 Å². The molecule has 0 aromatic carbocycles. The largest absolute Gasteiger partial charge is 0.394 e. The molecule has 2 heterocycles. The predicted octanol–water partition coefficient (Wildman–Crippen LogP) is 1.45. The van der Waals surface area contributed by atoms with Crippen molar-refractivity contribution in [2.75, 3.05) is 6.61 Å². The number of aliphatic hydroxyl groups excluding tert-OH is 1. The standard InChI is InChI=1S/C9H15NO.C8H11N3O3/c1-4-7(2)5-9-6-10-11-8(9)3;1-5(4-12)9-8(14)6-2-3-7(13)11-10-6/h6-7H,4-5H2,1-3H3;2-3,5,12H,4H2,1H3,(H,9,14)(H,11,13). The van der Waals surface area contributed by atoms with Crippen molar-refractivity contribution >= 4 is 5.91 Å². The van der Waals surface area contributed by atoms with Gasteiger partial charge in [-0.1, -0.05) is 25.4 Å². The first-order chi connectivity index (χ1) is 11.9. The Bertz CT molecular complexity index is 690. The van der Waals surface area contributed by atoms with E-state index in [4.69, 9.17) is 9.63 Å². The lowest BCUT2D eigenvalue weighted by atomic mass is 10.00. The molecule has 0 saturated carbocycles. The van der Waals surface area contributed by atoms with Gasteiger partial charge in [0.25, 0.3) is 11.5 Å². The number of carbonyl (C=O) groups is 1. The molecule has 2 aromatic heterocycles. The molecule has 2 rings (SSSR count). The molecule has 0 fully saturated rings. The number of aromatic nitrogens is 3. The second-order valence-corrected chi connectivity index (χ2v) is 5.99. The number of carbonyl (C=O) groups excluding carboxylic acids is 1. The number of rotatable bonds is 6. The van der Waals surface area contributed by atoms with Gasteiger partial charge in [-0.15, -0.1) is 0 Å². The Morgan fingerprint density at radius 3 is 2.60 bits per heavy atom. The van der Waals surface area contributed by atoms with E-state index in [0.29, 0.717) is 0 Å². The second kappa shape index (κ2) is 10.4. The summed E-state index contributed by atoms with van der Waals surface area (Å²) in [5.74, 6) is 1.27. The molecule has 8 nitrogen and oxygen atoms in total. The molecule has 0 spiro atoms. The molecule has 1 amide bonds. The van der Waals surface area contributed by atoms with Crippen LogP contribution in [0.15, 0.2) is 27.6 Å². The summed E-state index contributed by atoms with van der Waals surface area (Å²) in [4.78, 5) is 22.0. The quantitative estimate of drug-likeness (QED) is 0.725. The Morgan fingerprint density at radius 2 is 2.12 bits per heavy atom. The summed E-state index contributed by atoms with van der Waals surface area (Å²) in [6, 6.07) is 2.19. The number of aromatic amines is 1. The van der Waals surface area contributed by atoms with Crippen molar-refractivity contribution in [1.29, 1.82) is 0 Å². The highest BCUT2D eigenvalue weighted by Gasteiger charge is 2.09. The maximum absolute atomic E-state index is 11.3. The average Bonchev–Trinajstić information content (AvgIpc) is 3.00. The zero-order valence-corrected chi connectivity index (χ0v) is 15.1. The van der Waals surface area contributed by atoms with Gasteiger partial charge in [-0.25, -0.2) is 5.10 Å². The van der Waals surface area contributed by atoms with Gasteiger partial charge in [-0.05, 0) is 32.3 Å². The number of nitrogens with one attached hydrogen (secondary N) is 2. The van der Waals surface area contributed by atoms with Gasteiger partial charge in [0.2, 0.25) is 0 Å². The fourth-order valence-corrected chi connectivity index (χ4v) is 1.85. The lowest BCUT2D eigenvalue weighted by molar-refractivity contribution is 0.0916. The van der Waals surface area contributed by atoms with Crippen LogP contribution in [0.25, 0.3) is 0 Å². The third kappa shape index (κ3) is 7.30. The zero-order valence-electron chi connectivity index (χ0n) is 15.1. The monoisotopic (exact) mass is 350 g/mol. The molecule has 2 unspecified atom stereocenters. The minimum absolute atomic E-state index is 0.116. The van der Waals surface area contributed by atoms with Crippen molar-refractivity contribution in [3.05, 3.63) is 45.7 Å². The third-order valence-corrected chi connectivity index (χ3v) is 3.68. The minimum Gasteiger partial charge on any atom is -0.394 e. The normalized spacial score (nSPS) is 12.7. The molecule has 0 saturated heterocycles. The van der Waals surface area contributed by atoms with Crippen LogP contribution in [0, 0.1) is 12.8 Å². The van der Waals surface area contributed by atoms with E-state index in [1.54, 1.807) is 6.92 Å². The van der Waals surface area contributed by atoms with Crippen molar-refractivity contribution in [3.8, 4) is 0 Å². The smallest absolute Gasteiger partial charge is 0.272 e. The van der Waals surface area contributed by atoms with Crippen molar-refractivity contribution in [2.24, 2.45) is 5.92 Å². The van der Waals surface area contributed by atoms with Crippen LogP contribution < -0.4 is 10.9 Å². The fourth-order valence-electron chi connectivity index (χ4n) is 1.85. The summed E-state index contributed by atoms with van der Waals surface area (Å²) in [5, 5.41) is 20.6. The molecule has 0 aliphatic carbocycles. The van der Waals surface area contributed by atoms with Crippen LogP contribution in [0.5, 0.6) is 0 Å². The van der Waals surface area contributed by atoms with Crippen LogP contribution in [0.1, 0.15) is 49.0 Å². The molecule has 138 valence electrons. The van der Waals surface area contributed by atoms with Gasteiger partial charge in [-0.3, -0.25) is 9.59 Å². The van der Waals surface area contributed by atoms with Gasteiger partial charge < -0.3 is 14.9 Å². The molecular weight excluding hydrogens is 324 g/mol. The second-order valence-electron chi connectivity index (χ2n) is 5.99. The third-order valence-electron chi connectivity index (χ3n) is 3.68. The Kier molecular flexibility index (Phi) is 8.55. The Morgan fingerprint density at radius 1 is 1.40 bits per heavy atom. The number of hydrogen-bond donors (Lipinski definition) is 3. The van der Waals surface area contributed by atoms with E-state index in [1.807, 2.05) is 13.1 Å². The first-order valence-electron chi connectivity index (χ1n) is 8.24. The van der Waals surface area contributed by atoms with Crippen LogP contribution in [0.3, 0.4) is 0 Å². The van der Waals surface area contributed by atoms with Crippen LogP contribution in [0.4, 0.5) is 0 Å². The molecule has 25 heavy (non-hydrogen) atoms. The van der Waals surface area contributed by atoms with E-state index in [9.17, 15) is 9.59 Å². The number of aryl methyl sites for hydroxylation is 1. The van der Waals surface area contributed by atoms with Crippen LogP contribution in [-0.4, -0.2) is 39.0 Å². The summed E-state index contributed by atoms with van der Waals surface area (Å²) in [6.07, 6.45) is 4.12. The van der Waals surface area contributed by atoms with Gasteiger partial charge >= 0.3 is 0 Å². The lowest BCUT2D eigenvalue weighted by Crippen LogP contribution is -2.35. The van der Waals surface area contributed by atoms with Gasteiger partial charge in [0.05, 0.1) is 12.8 Å². The highest BCUT2D eigenvalue weighted by atomic mass is 16.5. The topological polar surface area (TPSA) is 121 Å². The SMILES string of the molecule is CC(CO)NC(=O)c1ccc(=O)[nH]n1.CCC(C)Cc1cnoc1C. The summed E-state index contributed by atoms with van der Waals surface area (Å²) < 4.78 is 4.96. The van der Waals surface area contributed by atoms with Crippen molar-refractivity contribution in [1.82, 2.24) is 20.7 Å². The maximum Gasteiger partial charge on any atom is 0.272 e. The molecule has 8 heteroatoms. The van der Waals surface area contributed by atoms with E-state index in [2.05, 4.69) is 34.5 Å². The summed E-state index contributed by atoms with van der Waals surface area (Å²) in [7, 11) is 0. The summed E-state index contributed by atoms with van der Waals surface area (Å²) in [5.41, 5.74) is 1.00. The highest BCUT2D eigenvalue weighted by Crippen LogP contribution is 2.14. The minimum atomic E-state index is -0.428. The predicted molar refractivity (Wildman–Crippen MR) is 93.3 cm³/mol. The Balaban J connectivity index is 0.000000257. The Hall–Kier alpha value is -2.48. The number of nitrogens with zero attached hydrogens (tertiary/aromatic N) is 2. The average molecular weight is 350 g/mol. The number of aliphatic hydroxyl groups is 1. The van der Waals surface area contributed by atoms with E-state index >= 15 is 0 Å². The van der Waals surface area contributed by atoms with E-state index in [1.165, 1.54) is 24.1 Å². The van der Waals surface area contributed by atoms with Crippen LogP contribution in [-0.2, 0) is 6.42 Å². The van der Waals surface area contributed by atoms with Gasteiger partial charge in [0, 0.05) is 17.7 Å². The van der Waals surface area contributed by atoms with Crippen molar-refractivity contribution in [3.63, 3.8) is 0 Å². The molecule has 2 aromatic rings. The molecule has 0 aliphatic rings. The summed E-state index contributed by atoms with van der Waals surface area (Å²) in [6.45, 7) is 7.92. The first kappa shape index (κ1) is 20.6. The highest BCUT2D eigenvalue weighted by molar-refractivity contribution is 5.92. The van der Waals surface area contributed by atoms with Crippen molar-refractivity contribution in [2.45, 2.75) is 46.6 Å². The molecule has 0 aliphatic heterocycles. The first-order valence-corrected chi connectivity index (χ1v) is 8.24. The van der Waals surface area contributed by atoms with E-state index in [-0.39, 0.29) is 23.9 Å². The van der Waals surface area contributed by atoms with Gasteiger partial charge in [0.1, 0.15) is 11.5 Å². The number of H-pyrrole nitrogens is 1. The molecule has 0 bridgehead atoms. The summed E-state index contributed by atoms with van der Waals surface area (Å²) >= 11 is 0. The van der Waals surface area contributed by atoms with Gasteiger partial charge in [-0.2, -0.15) is 5.10 Å². The molecular formula is C17H26N4O4. The lowest BCUT2D eigenvalue weighted by Gasteiger charge is -2.09. The molecule has 2 atom stereocenters. The Labute approximate surface area is 146 Å². The molecule has 3 N–H and O–H groups in total. The molecule has 0 radical (unpaired) electrons. The van der Waals surface area contributed by atoms with Crippen LogP contribution in [0.2, 0.25) is 0 Å².